The van der Waals surface area contributed by atoms with Gasteiger partial charge in [0.25, 0.3) is 0 Å². The molecule has 25 heavy (non-hydrogen) atoms. The first kappa shape index (κ1) is 17.7. The highest BCUT2D eigenvalue weighted by molar-refractivity contribution is 5.88. The van der Waals surface area contributed by atoms with Crippen molar-refractivity contribution in [2.45, 2.75) is 59.3 Å². The van der Waals surface area contributed by atoms with Crippen molar-refractivity contribution in [3.63, 3.8) is 0 Å². The van der Waals surface area contributed by atoms with Crippen LogP contribution in [0.3, 0.4) is 0 Å². The molecule has 0 radical (unpaired) electrons. The molecule has 0 saturated heterocycles. The van der Waals surface area contributed by atoms with Gasteiger partial charge in [0, 0.05) is 0 Å². The first-order chi connectivity index (χ1) is 11.9. The van der Waals surface area contributed by atoms with Crippen molar-refractivity contribution in [3.8, 4) is 11.1 Å². The van der Waals surface area contributed by atoms with Crippen molar-refractivity contribution >= 4 is 10.8 Å². The van der Waals surface area contributed by atoms with Crippen molar-refractivity contribution in [1.29, 1.82) is 0 Å². The second kappa shape index (κ2) is 7.04. The molecule has 0 nitrogen and oxygen atoms in total. The molecule has 0 aliphatic rings. The fraction of sp³-hybridized carbons (Fsp3) is 0.360. The summed E-state index contributed by atoms with van der Waals surface area (Å²) in [4.78, 5) is 0. The zero-order chi connectivity index (χ0) is 18.1. The fourth-order valence-corrected chi connectivity index (χ4v) is 3.58. The predicted molar refractivity (Wildman–Crippen MR) is 112 cm³/mol. The molecule has 0 aliphatic heterocycles. The smallest absolute Gasteiger partial charge is 0.0178 e. The van der Waals surface area contributed by atoms with E-state index in [-0.39, 0.29) is 0 Å². The molecule has 0 amide bonds. The minimum atomic E-state index is 0.548. The lowest BCUT2D eigenvalue weighted by Gasteiger charge is -2.18. The molecule has 0 bridgehead atoms. The van der Waals surface area contributed by atoms with Crippen LogP contribution in [0, 0.1) is 0 Å². The quantitative estimate of drug-likeness (QED) is 0.456. The van der Waals surface area contributed by atoms with Crippen LogP contribution in [0.5, 0.6) is 0 Å². The van der Waals surface area contributed by atoms with Crippen LogP contribution in [-0.4, -0.2) is 0 Å². The first-order valence-electron chi connectivity index (χ1n) is 9.54. The lowest BCUT2D eigenvalue weighted by molar-refractivity contribution is 0.791. The Balaban J connectivity index is 2.07. The molecule has 0 aromatic heterocycles. The van der Waals surface area contributed by atoms with Crippen LogP contribution in [0.15, 0.2) is 54.6 Å². The van der Waals surface area contributed by atoms with Crippen LogP contribution in [0.1, 0.15) is 76.0 Å². The van der Waals surface area contributed by atoms with Gasteiger partial charge in [-0.2, -0.15) is 0 Å². The van der Waals surface area contributed by atoms with Gasteiger partial charge in [0.1, 0.15) is 0 Å². The summed E-state index contributed by atoms with van der Waals surface area (Å²) in [6.45, 7) is 13.6. The normalized spacial score (nSPS) is 11.9. The van der Waals surface area contributed by atoms with Crippen molar-refractivity contribution in [3.05, 3.63) is 71.3 Å². The first-order valence-corrected chi connectivity index (χ1v) is 9.54. The maximum absolute atomic E-state index is 2.39. The second-order valence-corrected chi connectivity index (χ2v) is 8.13. The summed E-state index contributed by atoms with van der Waals surface area (Å²) in [5, 5.41) is 2.65. The molecule has 0 aliphatic carbocycles. The number of fused-ring (bicyclic) bond motifs is 1. The number of benzene rings is 3. The third-order valence-corrected chi connectivity index (χ3v) is 5.20. The summed E-state index contributed by atoms with van der Waals surface area (Å²) < 4.78 is 0. The van der Waals surface area contributed by atoms with E-state index < -0.39 is 0 Å². The zero-order valence-electron chi connectivity index (χ0n) is 16.4. The third kappa shape index (κ3) is 3.63. The van der Waals surface area contributed by atoms with Gasteiger partial charge >= 0.3 is 0 Å². The van der Waals surface area contributed by atoms with E-state index in [2.05, 4.69) is 96.1 Å². The Kier molecular flexibility index (Phi) is 4.99. The average molecular weight is 331 g/mol. The predicted octanol–water partition coefficient (Wildman–Crippen LogP) is 7.88. The Labute approximate surface area is 152 Å². The maximum atomic E-state index is 2.39. The van der Waals surface area contributed by atoms with E-state index in [1.807, 2.05) is 0 Å². The van der Waals surface area contributed by atoms with Crippen LogP contribution in [0.25, 0.3) is 21.9 Å². The van der Waals surface area contributed by atoms with Gasteiger partial charge in [-0.1, -0.05) is 90.1 Å². The number of hydrogen-bond donors (Lipinski definition) is 0. The topological polar surface area (TPSA) is 0 Å². The zero-order valence-corrected chi connectivity index (χ0v) is 16.4. The lowest BCUT2D eigenvalue weighted by atomic mass is 9.87. The minimum absolute atomic E-state index is 0.548. The summed E-state index contributed by atoms with van der Waals surface area (Å²) in [5.41, 5.74) is 6.98. The molecular formula is C25H30. The average Bonchev–Trinajstić information content (AvgIpc) is 2.60. The van der Waals surface area contributed by atoms with Gasteiger partial charge in [0.05, 0.1) is 0 Å². The molecule has 0 heteroatoms. The van der Waals surface area contributed by atoms with E-state index in [4.69, 9.17) is 0 Å². The van der Waals surface area contributed by atoms with Crippen molar-refractivity contribution in [2.24, 2.45) is 0 Å². The van der Waals surface area contributed by atoms with Crippen LogP contribution < -0.4 is 0 Å². The number of hydrogen-bond acceptors (Lipinski definition) is 0. The van der Waals surface area contributed by atoms with Crippen LogP contribution in [0.4, 0.5) is 0 Å². The third-order valence-electron chi connectivity index (χ3n) is 5.20. The van der Waals surface area contributed by atoms with E-state index in [1.54, 1.807) is 0 Å². The summed E-state index contributed by atoms with van der Waals surface area (Å²) in [6, 6.07) is 20.7. The van der Waals surface area contributed by atoms with Crippen molar-refractivity contribution < 1.29 is 0 Å². The van der Waals surface area contributed by atoms with Gasteiger partial charge in [-0.3, -0.25) is 0 Å². The molecular weight excluding hydrogens is 300 g/mol. The van der Waals surface area contributed by atoms with Gasteiger partial charge in [-0.05, 0) is 62.4 Å². The van der Waals surface area contributed by atoms with E-state index in [1.165, 1.54) is 38.6 Å². The summed E-state index contributed by atoms with van der Waals surface area (Å²) in [7, 11) is 0. The highest BCUT2D eigenvalue weighted by Gasteiger charge is 2.12. The molecule has 3 aromatic carbocycles. The van der Waals surface area contributed by atoms with Crippen LogP contribution in [0.2, 0.25) is 0 Å². The van der Waals surface area contributed by atoms with Gasteiger partial charge in [0.15, 0.2) is 0 Å². The van der Waals surface area contributed by atoms with Gasteiger partial charge in [-0.15, -0.1) is 0 Å². The molecule has 0 fully saturated rings. The monoisotopic (exact) mass is 330 g/mol. The Morgan fingerprint density at radius 2 is 1.04 bits per heavy atom. The standard InChI is InChI=1S/C25H30/c1-16(2)19-7-8-21-14-22(10-9-20(21)13-19)23-11-12-24(17(3)4)25(15-23)18(5)6/h7-18H,1-6H3. The van der Waals surface area contributed by atoms with Gasteiger partial charge < -0.3 is 0 Å². The largest absolute Gasteiger partial charge is 0.0587 e. The van der Waals surface area contributed by atoms with E-state index >= 15 is 0 Å². The summed E-state index contributed by atoms with van der Waals surface area (Å²) in [5.74, 6) is 1.69. The Bertz CT molecular complexity index is 882. The van der Waals surface area contributed by atoms with Gasteiger partial charge in [-0.25, -0.2) is 0 Å². The highest BCUT2D eigenvalue weighted by Crippen LogP contribution is 2.32. The van der Waals surface area contributed by atoms with Gasteiger partial charge in [0.2, 0.25) is 0 Å². The van der Waals surface area contributed by atoms with Crippen LogP contribution in [-0.2, 0) is 0 Å². The SMILES string of the molecule is CC(C)c1ccc2cc(-c3ccc(C(C)C)c(C(C)C)c3)ccc2c1. The molecule has 0 atom stereocenters. The van der Waals surface area contributed by atoms with Crippen molar-refractivity contribution in [1.82, 2.24) is 0 Å². The molecule has 3 rings (SSSR count). The highest BCUT2D eigenvalue weighted by atomic mass is 14.2. The summed E-state index contributed by atoms with van der Waals surface area (Å²) in [6.07, 6.45) is 0. The Morgan fingerprint density at radius 3 is 1.68 bits per heavy atom. The molecule has 130 valence electrons. The van der Waals surface area contributed by atoms with Crippen LogP contribution >= 0.6 is 0 Å². The molecule has 0 saturated carbocycles. The van der Waals surface area contributed by atoms with E-state index in [0.29, 0.717) is 17.8 Å². The van der Waals surface area contributed by atoms with E-state index in [9.17, 15) is 0 Å². The molecule has 0 unspecified atom stereocenters. The molecule has 0 spiro atoms. The van der Waals surface area contributed by atoms with E-state index in [0.717, 1.165) is 0 Å². The Hall–Kier alpha value is -2.08. The second-order valence-electron chi connectivity index (χ2n) is 8.13. The fourth-order valence-electron chi connectivity index (χ4n) is 3.58. The molecule has 0 heterocycles. The molecule has 0 N–H and O–H groups in total. The summed E-state index contributed by atoms with van der Waals surface area (Å²) >= 11 is 0. The maximum Gasteiger partial charge on any atom is -0.0178 e. The number of rotatable bonds is 4. The lowest BCUT2D eigenvalue weighted by Crippen LogP contribution is -1.99. The Morgan fingerprint density at radius 1 is 0.480 bits per heavy atom. The molecule has 3 aromatic rings. The van der Waals surface area contributed by atoms with Crippen molar-refractivity contribution in [2.75, 3.05) is 0 Å². The minimum Gasteiger partial charge on any atom is -0.0587 e.